The molecule has 1 aromatic rings. The van der Waals surface area contributed by atoms with E-state index in [1.165, 1.54) is 7.11 Å². The number of hydrogen-bond acceptors (Lipinski definition) is 3. The first-order valence-electron chi connectivity index (χ1n) is 4.21. The summed E-state index contributed by atoms with van der Waals surface area (Å²) in [7, 11) is 1.51. The van der Waals surface area contributed by atoms with Crippen molar-refractivity contribution in [3.8, 4) is 5.75 Å². The highest BCUT2D eigenvalue weighted by atomic mass is 79.9. The summed E-state index contributed by atoms with van der Waals surface area (Å²) in [6.07, 6.45) is -0.469. The highest BCUT2D eigenvalue weighted by Crippen LogP contribution is 2.28. The molecule has 74 valence electrons. The first-order valence-corrected chi connectivity index (χ1v) is 5.01. The fourth-order valence-electron chi connectivity index (χ4n) is 1.41. The Kier molecular flexibility index (Phi) is 2.56. The van der Waals surface area contributed by atoms with Crippen molar-refractivity contribution in [1.82, 2.24) is 0 Å². The number of hydrogen-bond donors (Lipinski definition) is 0. The molecule has 0 spiro atoms. The fourth-order valence-corrected chi connectivity index (χ4v) is 1.75. The van der Waals surface area contributed by atoms with Crippen molar-refractivity contribution in [2.24, 2.45) is 0 Å². The number of ketones is 1. The maximum absolute atomic E-state index is 11.7. The van der Waals surface area contributed by atoms with Gasteiger partial charge in [0, 0.05) is 11.6 Å². The van der Waals surface area contributed by atoms with Gasteiger partial charge in [0.15, 0.2) is 11.9 Å². The van der Waals surface area contributed by atoms with Gasteiger partial charge in [-0.05, 0) is 18.2 Å². The van der Waals surface area contributed by atoms with Gasteiger partial charge in [0.05, 0.1) is 5.56 Å². The SMILES string of the molecule is COC1COc2cc(Br)ccc2C1=O. The second-order valence-corrected chi connectivity index (χ2v) is 3.96. The number of ether oxygens (including phenoxy) is 2. The van der Waals surface area contributed by atoms with Crippen LogP contribution in [0.25, 0.3) is 0 Å². The lowest BCUT2D eigenvalue weighted by atomic mass is 10.0. The topological polar surface area (TPSA) is 35.5 Å². The van der Waals surface area contributed by atoms with Crippen molar-refractivity contribution < 1.29 is 14.3 Å². The minimum atomic E-state index is -0.469. The lowest BCUT2D eigenvalue weighted by molar-refractivity contribution is 0.0368. The first-order chi connectivity index (χ1) is 6.72. The molecule has 3 nitrogen and oxygen atoms in total. The van der Waals surface area contributed by atoms with Gasteiger partial charge >= 0.3 is 0 Å². The molecule has 0 saturated heterocycles. The van der Waals surface area contributed by atoms with E-state index in [-0.39, 0.29) is 5.78 Å². The van der Waals surface area contributed by atoms with Crippen molar-refractivity contribution in [3.05, 3.63) is 28.2 Å². The molecule has 0 amide bonds. The van der Waals surface area contributed by atoms with Crippen molar-refractivity contribution >= 4 is 21.7 Å². The zero-order valence-electron chi connectivity index (χ0n) is 7.62. The van der Waals surface area contributed by atoms with Crippen LogP contribution in [0.15, 0.2) is 22.7 Å². The molecule has 0 aromatic heterocycles. The van der Waals surface area contributed by atoms with E-state index >= 15 is 0 Å². The largest absolute Gasteiger partial charge is 0.490 e. The molecule has 0 N–H and O–H groups in total. The second kappa shape index (κ2) is 3.71. The lowest BCUT2D eigenvalue weighted by Gasteiger charge is -2.22. The van der Waals surface area contributed by atoms with Crippen LogP contribution in [0, 0.1) is 0 Å². The van der Waals surface area contributed by atoms with Crippen LogP contribution in [0.2, 0.25) is 0 Å². The zero-order valence-corrected chi connectivity index (χ0v) is 9.21. The molecule has 0 bridgehead atoms. The molecular weight excluding hydrogens is 248 g/mol. The Balaban J connectivity index is 2.41. The molecular formula is C10H9BrO3. The molecule has 2 rings (SSSR count). The van der Waals surface area contributed by atoms with E-state index in [2.05, 4.69) is 15.9 Å². The van der Waals surface area contributed by atoms with E-state index in [1.807, 2.05) is 6.07 Å². The van der Waals surface area contributed by atoms with E-state index in [4.69, 9.17) is 9.47 Å². The van der Waals surface area contributed by atoms with E-state index in [1.54, 1.807) is 12.1 Å². The number of rotatable bonds is 1. The molecule has 4 heteroatoms. The highest BCUT2D eigenvalue weighted by molar-refractivity contribution is 9.10. The minimum absolute atomic E-state index is 0.0127. The molecule has 0 aliphatic carbocycles. The van der Waals surface area contributed by atoms with Gasteiger partial charge in [-0.25, -0.2) is 0 Å². The van der Waals surface area contributed by atoms with Crippen LogP contribution in [-0.2, 0) is 4.74 Å². The molecule has 0 fully saturated rings. The normalized spacial score (nSPS) is 20.1. The minimum Gasteiger partial charge on any atom is -0.490 e. The molecule has 1 aromatic carbocycles. The number of carbonyl (C=O) groups is 1. The van der Waals surface area contributed by atoms with Crippen LogP contribution in [0.1, 0.15) is 10.4 Å². The van der Waals surface area contributed by atoms with Crippen LogP contribution in [0.5, 0.6) is 5.75 Å². The Hall–Kier alpha value is -0.870. The average Bonchev–Trinajstić information content (AvgIpc) is 2.18. The van der Waals surface area contributed by atoms with Gasteiger partial charge in [-0.15, -0.1) is 0 Å². The third kappa shape index (κ3) is 1.55. The summed E-state index contributed by atoms with van der Waals surface area (Å²) in [4.78, 5) is 11.7. The van der Waals surface area contributed by atoms with Gasteiger partial charge in [0.1, 0.15) is 12.4 Å². The van der Waals surface area contributed by atoms with Crippen molar-refractivity contribution in [2.75, 3.05) is 13.7 Å². The lowest BCUT2D eigenvalue weighted by Crippen LogP contribution is -2.34. The molecule has 0 saturated carbocycles. The van der Waals surface area contributed by atoms with Crippen LogP contribution in [-0.4, -0.2) is 25.6 Å². The zero-order chi connectivity index (χ0) is 10.1. The summed E-state index contributed by atoms with van der Waals surface area (Å²) in [6.45, 7) is 0.290. The van der Waals surface area contributed by atoms with E-state index in [0.29, 0.717) is 17.9 Å². The molecule has 14 heavy (non-hydrogen) atoms. The summed E-state index contributed by atoms with van der Waals surface area (Å²) < 4.78 is 11.3. The number of fused-ring (bicyclic) bond motifs is 1. The predicted octanol–water partition coefficient (Wildman–Crippen LogP) is 2.04. The third-order valence-corrected chi connectivity index (χ3v) is 2.67. The predicted molar refractivity (Wildman–Crippen MR) is 54.8 cm³/mol. The Morgan fingerprint density at radius 3 is 3.07 bits per heavy atom. The first kappa shape index (κ1) is 9.68. The number of Topliss-reactive ketones (excluding diaryl/α,β-unsaturated/α-hetero) is 1. The molecule has 1 aliphatic heterocycles. The van der Waals surface area contributed by atoms with Gasteiger partial charge in [-0.2, -0.15) is 0 Å². The Labute approximate surface area is 90.1 Å². The second-order valence-electron chi connectivity index (χ2n) is 3.04. The van der Waals surface area contributed by atoms with Gasteiger partial charge < -0.3 is 9.47 Å². The maximum atomic E-state index is 11.7. The van der Waals surface area contributed by atoms with E-state index in [9.17, 15) is 4.79 Å². The maximum Gasteiger partial charge on any atom is 0.198 e. The van der Waals surface area contributed by atoms with Crippen LogP contribution in [0.4, 0.5) is 0 Å². The molecule has 1 atom stereocenters. The molecule has 1 aliphatic rings. The summed E-state index contributed by atoms with van der Waals surface area (Å²) >= 11 is 3.32. The third-order valence-electron chi connectivity index (χ3n) is 2.18. The fraction of sp³-hybridized carbons (Fsp3) is 0.300. The van der Waals surface area contributed by atoms with Gasteiger partial charge in [0.25, 0.3) is 0 Å². The van der Waals surface area contributed by atoms with E-state index < -0.39 is 6.10 Å². The molecule has 0 radical (unpaired) electrons. The van der Waals surface area contributed by atoms with E-state index in [0.717, 1.165) is 4.47 Å². The number of benzene rings is 1. The summed E-state index contributed by atoms with van der Waals surface area (Å²) in [5.74, 6) is 0.610. The monoisotopic (exact) mass is 256 g/mol. The summed E-state index contributed by atoms with van der Waals surface area (Å²) in [6, 6.07) is 5.35. The van der Waals surface area contributed by atoms with Crippen molar-refractivity contribution in [1.29, 1.82) is 0 Å². The van der Waals surface area contributed by atoms with Crippen molar-refractivity contribution in [3.63, 3.8) is 0 Å². The Morgan fingerprint density at radius 2 is 2.36 bits per heavy atom. The number of carbonyl (C=O) groups excluding carboxylic acids is 1. The van der Waals surface area contributed by atoms with Gasteiger partial charge in [0.2, 0.25) is 0 Å². The highest BCUT2D eigenvalue weighted by Gasteiger charge is 2.28. The summed E-state index contributed by atoms with van der Waals surface area (Å²) in [5, 5.41) is 0. The van der Waals surface area contributed by atoms with Crippen molar-refractivity contribution in [2.45, 2.75) is 6.10 Å². The Bertz CT molecular complexity index is 376. The smallest absolute Gasteiger partial charge is 0.198 e. The average molecular weight is 257 g/mol. The van der Waals surface area contributed by atoms with Crippen LogP contribution < -0.4 is 4.74 Å². The van der Waals surface area contributed by atoms with Gasteiger partial charge in [-0.3, -0.25) is 4.79 Å². The summed E-state index contributed by atoms with van der Waals surface area (Å²) in [5.41, 5.74) is 0.589. The molecule has 1 unspecified atom stereocenters. The standard InChI is InChI=1S/C10H9BrO3/c1-13-9-5-14-8-4-6(11)2-3-7(8)10(9)12/h2-4,9H,5H2,1H3. The number of halogens is 1. The molecule has 1 heterocycles. The van der Waals surface area contributed by atoms with Gasteiger partial charge in [-0.1, -0.05) is 15.9 Å². The Morgan fingerprint density at radius 1 is 1.57 bits per heavy atom. The van der Waals surface area contributed by atoms with Crippen LogP contribution >= 0.6 is 15.9 Å². The number of methoxy groups -OCH3 is 1. The quantitative estimate of drug-likeness (QED) is 0.772. The van der Waals surface area contributed by atoms with Crippen LogP contribution in [0.3, 0.4) is 0 Å².